The predicted molar refractivity (Wildman–Crippen MR) is 103 cm³/mol. The molecule has 1 aromatic heterocycles. The van der Waals surface area contributed by atoms with Gasteiger partial charge < -0.3 is 19.5 Å². The minimum absolute atomic E-state index is 0.140. The molecule has 1 aliphatic heterocycles. The van der Waals surface area contributed by atoms with E-state index in [0.29, 0.717) is 30.0 Å². The highest BCUT2D eigenvalue weighted by molar-refractivity contribution is 7.13. The van der Waals surface area contributed by atoms with Gasteiger partial charge in [-0.1, -0.05) is 0 Å². The number of methoxy groups -OCH3 is 1. The van der Waals surface area contributed by atoms with Crippen molar-refractivity contribution in [2.45, 2.75) is 6.42 Å². The number of aromatic nitrogens is 1. The molecule has 4 rings (SSSR count). The van der Waals surface area contributed by atoms with Gasteiger partial charge in [0.15, 0.2) is 11.5 Å². The lowest BCUT2D eigenvalue weighted by Crippen LogP contribution is -2.25. The molecule has 0 spiro atoms. The summed E-state index contributed by atoms with van der Waals surface area (Å²) in [6, 6.07) is 13.0. The van der Waals surface area contributed by atoms with Crippen LogP contribution in [0, 0.1) is 0 Å². The standard InChI is InChI=1S/C20H18N2O4S/c1-24-16-5-2-13(3-6-16)20-22-15(11-27-20)8-9-21-19(23)14-4-7-17-18(10-14)26-12-25-17/h2-7,10-11H,8-9,12H2,1H3,(H,21,23). The first-order valence-electron chi connectivity index (χ1n) is 8.49. The maximum absolute atomic E-state index is 12.3. The summed E-state index contributed by atoms with van der Waals surface area (Å²) in [7, 11) is 1.65. The lowest BCUT2D eigenvalue weighted by atomic mass is 10.2. The van der Waals surface area contributed by atoms with E-state index in [1.165, 1.54) is 0 Å². The van der Waals surface area contributed by atoms with Gasteiger partial charge in [0, 0.05) is 29.5 Å². The fraction of sp³-hybridized carbons (Fsp3) is 0.200. The van der Waals surface area contributed by atoms with E-state index < -0.39 is 0 Å². The van der Waals surface area contributed by atoms with Crippen molar-refractivity contribution in [3.63, 3.8) is 0 Å². The number of fused-ring (bicyclic) bond motifs is 1. The van der Waals surface area contributed by atoms with Crippen LogP contribution in [0.4, 0.5) is 0 Å². The van der Waals surface area contributed by atoms with E-state index in [9.17, 15) is 4.79 Å². The Bertz CT molecular complexity index is 953. The minimum atomic E-state index is -0.140. The molecule has 27 heavy (non-hydrogen) atoms. The molecule has 0 aliphatic carbocycles. The first kappa shape index (κ1) is 17.4. The smallest absolute Gasteiger partial charge is 0.251 e. The number of carbonyl (C=O) groups is 1. The van der Waals surface area contributed by atoms with Crippen LogP contribution in [-0.2, 0) is 6.42 Å². The Morgan fingerprint density at radius 3 is 2.81 bits per heavy atom. The number of nitrogens with zero attached hydrogens (tertiary/aromatic N) is 1. The van der Waals surface area contributed by atoms with Gasteiger partial charge in [0.2, 0.25) is 6.79 Å². The summed E-state index contributed by atoms with van der Waals surface area (Å²) in [6.07, 6.45) is 0.670. The van der Waals surface area contributed by atoms with E-state index in [4.69, 9.17) is 14.2 Å². The first-order valence-corrected chi connectivity index (χ1v) is 9.37. The molecule has 138 valence electrons. The molecule has 0 radical (unpaired) electrons. The number of hydrogen-bond donors (Lipinski definition) is 1. The van der Waals surface area contributed by atoms with Crippen molar-refractivity contribution in [3.05, 3.63) is 59.1 Å². The van der Waals surface area contributed by atoms with Crippen LogP contribution in [0.1, 0.15) is 16.1 Å². The van der Waals surface area contributed by atoms with Gasteiger partial charge in [-0.25, -0.2) is 4.98 Å². The molecular formula is C20H18N2O4S. The van der Waals surface area contributed by atoms with Gasteiger partial charge in [0.05, 0.1) is 12.8 Å². The van der Waals surface area contributed by atoms with Crippen LogP contribution in [0.15, 0.2) is 47.8 Å². The lowest BCUT2D eigenvalue weighted by molar-refractivity contribution is 0.0953. The molecule has 1 N–H and O–H groups in total. The predicted octanol–water partition coefficient (Wildman–Crippen LogP) is 3.52. The summed E-state index contributed by atoms with van der Waals surface area (Å²) in [6.45, 7) is 0.708. The first-order chi connectivity index (χ1) is 13.2. The van der Waals surface area contributed by atoms with Crippen molar-refractivity contribution in [2.75, 3.05) is 20.4 Å². The number of rotatable bonds is 6. The number of amides is 1. The molecule has 6 nitrogen and oxygen atoms in total. The van der Waals surface area contributed by atoms with E-state index >= 15 is 0 Å². The topological polar surface area (TPSA) is 69.7 Å². The Morgan fingerprint density at radius 2 is 2.00 bits per heavy atom. The lowest BCUT2D eigenvalue weighted by Gasteiger charge is -2.05. The molecule has 2 aromatic carbocycles. The van der Waals surface area contributed by atoms with Gasteiger partial charge in [-0.2, -0.15) is 0 Å². The van der Waals surface area contributed by atoms with E-state index in [-0.39, 0.29) is 12.7 Å². The quantitative estimate of drug-likeness (QED) is 0.706. The van der Waals surface area contributed by atoms with Crippen LogP contribution in [0.5, 0.6) is 17.2 Å². The van der Waals surface area contributed by atoms with Crippen molar-refractivity contribution in [2.24, 2.45) is 0 Å². The Hall–Kier alpha value is -3.06. The van der Waals surface area contributed by atoms with E-state index in [2.05, 4.69) is 10.3 Å². The Balaban J connectivity index is 1.32. The SMILES string of the molecule is COc1ccc(-c2nc(CCNC(=O)c3ccc4c(c3)OCO4)cs2)cc1. The fourth-order valence-corrected chi connectivity index (χ4v) is 3.59. The van der Waals surface area contributed by atoms with Gasteiger partial charge >= 0.3 is 0 Å². The summed E-state index contributed by atoms with van der Waals surface area (Å²) in [5.41, 5.74) is 2.56. The molecule has 3 aromatic rings. The van der Waals surface area contributed by atoms with Crippen LogP contribution in [-0.4, -0.2) is 31.3 Å². The average Bonchev–Trinajstić information content (AvgIpc) is 3.37. The molecule has 0 fully saturated rings. The summed E-state index contributed by atoms with van der Waals surface area (Å²) < 4.78 is 15.7. The fourth-order valence-electron chi connectivity index (χ4n) is 2.73. The Kier molecular flexibility index (Phi) is 4.93. The second-order valence-electron chi connectivity index (χ2n) is 5.95. The molecule has 0 atom stereocenters. The second-order valence-corrected chi connectivity index (χ2v) is 6.80. The summed E-state index contributed by atoms with van der Waals surface area (Å²) >= 11 is 1.59. The molecular weight excluding hydrogens is 364 g/mol. The number of nitrogens with one attached hydrogen (secondary N) is 1. The summed E-state index contributed by atoms with van der Waals surface area (Å²) in [4.78, 5) is 16.9. The van der Waals surface area contributed by atoms with Crippen LogP contribution in [0.3, 0.4) is 0 Å². The third-order valence-electron chi connectivity index (χ3n) is 4.19. The second kappa shape index (κ2) is 7.67. The monoisotopic (exact) mass is 382 g/mol. The van der Waals surface area contributed by atoms with E-state index in [1.54, 1.807) is 36.6 Å². The number of carbonyl (C=O) groups excluding carboxylic acids is 1. The van der Waals surface area contributed by atoms with Gasteiger partial charge in [-0.3, -0.25) is 4.79 Å². The molecule has 1 amide bonds. The molecule has 0 saturated heterocycles. The largest absolute Gasteiger partial charge is 0.497 e. The zero-order valence-corrected chi connectivity index (χ0v) is 15.5. The molecule has 1 aliphatic rings. The van der Waals surface area contributed by atoms with E-state index in [0.717, 1.165) is 22.0 Å². The molecule has 0 saturated carbocycles. The van der Waals surface area contributed by atoms with Crippen LogP contribution in [0.25, 0.3) is 10.6 Å². The highest BCUT2D eigenvalue weighted by Crippen LogP contribution is 2.32. The minimum Gasteiger partial charge on any atom is -0.497 e. The number of benzene rings is 2. The molecule has 7 heteroatoms. The van der Waals surface area contributed by atoms with Gasteiger partial charge in [-0.15, -0.1) is 11.3 Å². The summed E-state index contributed by atoms with van der Waals surface area (Å²) in [5, 5.41) is 5.89. The molecule has 2 heterocycles. The van der Waals surface area contributed by atoms with Gasteiger partial charge in [0.25, 0.3) is 5.91 Å². The third kappa shape index (κ3) is 3.88. The average molecular weight is 382 g/mol. The van der Waals surface area contributed by atoms with Crippen molar-refractivity contribution in [1.82, 2.24) is 10.3 Å². The normalized spacial score (nSPS) is 12.0. The third-order valence-corrected chi connectivity index (χ3v) is 5.13. The van der Waals surface area contributed by atoms with Crippen LogP contribution < -0.4 is 19.5 Å². The highest BCUT2D eigenvalue weighted by Gasteiger charge is 2.16. The maximum Gasteiger partial charge on any atom is 0.251 e. The summed E-state index contributed by atoms with van der Waals surface area (Å²) in [5.74, 6) is 1.95. The molecule has 0 unspecified atom stereocenters. The zero-order chi connectivity index (χ0) is 18.6. The maximum atomic E-state index is 12.3. The number of hydrogen-bond acceptors (Lipinski definition) is 6. The Labute approximate surface area is 160 Å². The van der Waals surface area contributed by atoms with Gasteiger partial charge in [-0.05, 0) is 42.5 Å². The number of ether oxygens (including phenoxy) is 3. The van der Waals surface area contributed by atoms with Crippen molar-refractivity contribution in [1.29, 1.82) is 0 Å². The van der Waals surface area contributed by atoms with Crippen molar-refractivity contribution >= 4 is 17.2 Å². The van der Waals surface area contributed by atoms with Crippen molar-refractivity contribution in [3.8, 4) is 27.8 Å². The van der Waals surface area contributed by atoms with Crippen LogP contribution >= 0.6 is 11.3 Å². The van der Waals surface area contributed by atoms with E-state index in [1.807, 2.05) is 29.6 Å². The van der Waals surface area contributed by atoms with Gasteiger partial charge in [0.1, 0.15) is 10.8 Å². The van der Waals surface area contributed by atoms with Crippen LogP contribution in [0.2, 0.25) is 0 Å². The Morgan fingerprint density at radius 1 is 1.19 bits per heavy atom. The molecule has 0 bridgehead atoms. The zero-order valence-electron chi connectivity index (χ0n) is 14.7. The van der Waals surface area contributed by atoms with Crippen molar-refractivity contribution < 1.29 is 19.0 Å². The number of thiazole rings is 1. The highest BCUT2D eigenvalue weighted by atomic mass is 32.1.